The van der Waals surface area contributed by atoms with E-state index in [1.165, 1.54) is 11.3 Å². The first-order valence-electron chi connectivity index (χ1n) is 12.4. The Bertz CT molecular complexity index is 822. The number of ether oxygens (including phenoxy) is 1. The number of nitrogens with zero attached hydrogens (tertiary/aromatic N) is 1. The second kappa shape index (κ2) is 13.5. The molecule has 1 saturated heterocycles. The number of hydrogen-bond donors (Lipinski definition) is 3. The Balaban J connectivity index is 1.74. The second-order valence-corrected chi connectivity index (χ2v) is 11.1. The highest BCUT2D eigenvalue weighted by molar-refractivity contribution is 7.09. The van der Waals surface area contributed by atoms with Gasteiger partial charge in [0.05, 0.1) is 18.4 Å². The number of rotatable bonds is 17. The van der Waals surface area contributed by atoms with Crippen molar-refractivity contribution in [3.63, 3.8) is 0 Å². The molecular weight excluding hydrogens is 452 g/mol. The van der Waals surface area contributed by atoms with Crippen LogP contribution in [0.3, 0.4) is 0 Å². The highest BCUT2D eigenvalue weighted by atomic mass is 32.1. The third kappa shape index (κ3) is 8.56. The number of aromatic nitrogens is 1. The molecule has 1 aromatic heterocycles. The molecule has 1 fully saturated rings. The lowest BCUT2D eigenvalue weighted by Gasteiger charge is -2.28. The van der Waals surface area contributed by atoms with Crippen LogP contribution in [0.2, 0.25) is 0 Å². The van der Waals surface area contributed by atoms with E-state index in [2.05, 4.69) is 17.2 Å². The van der Waals surface area contributed by atoms with Gasteiger partial charge in [-0.1, -0.05) is 47.0 Å². The van der Waals surface area contributed by atoms with Crippen LogP contribution in [-0.2, 0) is 20.9 Å². The van der Waals surface area contributed by atoms with E-state index < -0.39 is 6.10 Å². The molecule has 0 bridgehead atoms. The number of aliphatic hydroxyl groups excluding tert-OH is 2. The Hall–Kier alpha value is -1.61. The van der Waals surface area contributed by atoms with Crippen LogP contribution in [0.5, 0.6) is 0 Å². The summed E-state index contributed by atoms with van der Waals surface area (Å²) in [7, 11) is 0. The molecule has 0 saturated carbocycles. The zero-order valence-electron chi connectivity index (χ0n) is 21.3. The summed E-state index contributed by atoms with van der Waals surface area (Å²) >= 11 is 1.40. The maximum absolute atomic E-state index is 12.7. The fraction of sp³-hybridized carbons (Fsp3) is 0.731. The molecule has 8 heteroatoms. The lowest BCUT2D eigenvalue weighted by atomic mass is 9.76. The predicted molar refractivity (Wildman–Crippen MR) is 135 cm³/mol. The van der Waals surface area contributed by atoms with E-state index in [1.807, 2.05) is 39.2 Å². The minimum atomic E-state index is -0.596. The molecule has 3 N–H and O–H groups in total. The third-order valence-electron chi connectivity index (χ3n) is 6.88. The van der Waals surface area contributed by atoms with Crippen molar-refractivity contribution in [2.45, 2.75) is 110 Å². The van der Waals surface area contributed by atoms with Crippen molar-refractivity contribution in [2.75, 3.05) is 0 Å². The van der Waals surface area contributed by atoms with Crippen molar-refractivity contribution in [2.24, 2.45) is 11.3 Å². The Morgan fingerprint density at radius 1 is 1.35 bits per heavy atom. The Kier molecular flexibility index (Phi) is 11.3. The summed E-state index contributed by atoms with van der Waals surface area (Å²) in [6.45, 7) is 10.2. The molecule has 5 atom stereocenters. The van der Waals surface area contributed by atoms with E-state index in [4.69, 9.17) is 4.74 Å². The zero-order valence-corrected chi connectivity index (χ0v) is 22.1. The molecule has 1 aromatic rings. The number of aliphatic hydroxyl groups is 2. The summed E-state index contributed by atoms with van der Waals surface area (Å²) in [6.07, 6.45) is 6.95. The minimum Gasteiger partial charge on any atom is -0.460 e. The second-order valence-electron chi connectivity index (χ2n) is 10.2. The summed E-state index contributed by atoms with van der Waals surface area (Å²) in [5.74, 6) is -0.184. The van der Waals surface area contributed by atoms with E-state index in [0.717, 1.165) is 43.4 Å². The average molecular weight is 495 g/mol. The highest BCUT2D eigenvalue weighted by Gasteiger charge is 2.38. The van der Waals surface area contributed by atoms with Crippen molar-refractivity contribution in [3.05, 3.63) is 21.7 Å². The van der Waals surface area contributed by atoms with Crippen LogP contribution in [0.25, 0.3) is 6.08 Å². The standard InChI is InChI=1S/C26H42N2O5S/c1-6-11-26(4,5)25(32)18(3)22(31)10-8-7-9-20-21(28-20)13-23(33-16-30)17(2)12-19-15-34-24(14-29)27-19/h12,15-16,18,20-23,28-29,31H,6-11,13-14H2,1-5H3/b17-12+/t18-,20?,21?,22?,23?/m1/s1. The van der Waals surface area contributed by atoms with Crippen LogP contribution >= 0.6 is 11.3 Å². The van der Waals surface area contributed by atoms with Crippen LogP contribution in [-0.4, -0.2) is 51.7 Å². The third-order valence-corrected chi connectivity index (χ3v) is 7.73. The van der Waals surface area contributed by atoms with Gasteiger partial charge < -0.3 is 20.3 Å². The molecule has 2 heterocycles. The summed E-state index contributed by atoms with van der Waals surface area (Å²) in [6, 6.07) is 0.669. The van der Waals surface area contributed by atoms with E-state index in [0.29, 0.717) is 30.4 Å². The highest BCUT2D eigenvalue weighted by Crippen LogP contribution is 2.30. The molecule has 0 spiro atoms. The van der Waals surface area contributed by atoms with Crippen molar-refractivity contribution in [1.82, 2.24) is 10.3 Å². The van der Waals surface area contributed by atoms with Gasteiger partial charge in [0, 0.05) is 35.2 Å². The monoisotopic (exact) mass is 494 g/mol. The number of carbonyl (C=O) groups is 2. The SMILES string of the molecule is CCCC(C)(C)C(=O)[C@H](C)C(O)CCCCC1NC1CC(OC=O)/C(C)=C/c1csc(CO)n1. The molecule has 1 aliphatic heterocycles. The molecule has 2 rings (SSSR count). The molecule has 0 radical (unpaired) electrons. The van der Waals surface area contributed by atoms with E-state index in [-0.39, 0.29) is 35.9 Å². The first-order valence-corrected chi connectivity index (χ1v) is 13.3. The van der Waals surface area contributed by atoms with Crippen LogP contribution in [0.1, 0.15) is 90.3 Å². The number of Topliss-reactive ketones (excluding diaryl/α,β-unsaturated/α-hetero) is 1. The lowest BCUT2D eigenvalue weighted by molar-refractivity contribution is -0.135. The maximum Gasteiger partial charge on any atom is 0.293 e. The van der Waals surface area contributed by atoms with Crippen LogP contribution in [0.15, 0.2) is 11.0 Å². The van der Waals surface area contributed by atoms with Gasteiger partial charge in [0.15, 0.2) is 0 Å². The number of hydrogen-bond acceptors (Lipinski definition) is 8. The molecule has 0 amide bonds. The molecule has 34 heavy (non-hydrogen) atoms. The molecule has 1 aliphatic rings. The van der Waals surface area contributed by atoms with Gasteiger partial charge in [0.1, 0.15) is 16.9 Å². The Morgan fingerprint density at radius 3 is 2.71 bits per heavy atom. The normalized spacial score (nSPS) is 21.1. The van der Waals surface area contributed by atoms with Crippen molar-refractivity contribution in [1.29, 1.82) is 0 Å². The van der Waals surface area contributed by atoms with E-state index in [1.54, 1.807) is 0 Å². The summed E-state index contributed by atoms with van der Waals surface area (Å²) in [5, 5.41) is 25.7. The number of nitrogens with one attached hydrogen (secondary N) is 1. The molecule has 0 aromatic carbocycles. The Morgan fingerprint density at radius 2 is 2.09 bits per heavy atom. The van der Waals surface area contributed by atoms with Crippen molar-refractivity contribution < 1.29 is 24.5 Å². The van der Waals surface area contributed by atoms with E-state index in [9.17, 15) is 19.8 Å². The van der Waals surface area contributed by atoms with Crippen LogP contribution in [0.4, 0.5) is 0 Å². The van der Waals surface area contributed by atoms with Crippen molar-refractivity contribution in [3.8, 4) is 0 Å². The van der Waals surface area contributed by atoms with Gasteiger partial charge in [-0.3, -0.25) is 9.59 Å². The number of unbranched alkanes of at least 4 members (excludes halogenated alkanes) is 1. The van der Waals surface area contributed by atoms with Gasteiger partial charge >= 0.3 is 0 Å². The molecule has 192 valence electrons. The van der Waals surface area contributed by atoms with Gasteiger partial charge in [-0.05, 0) is 37.8 Å². The summed E-state index contributed by atoms with van der Waals surface area (Å²) < 4.78 is 5.33. The first-order chi connectivity index (χ1) is 16.1. The quantitative estimate of drug-likeness (QED) is 0.168. The molecule has 7 nitrogen and oxygen atoms in total. The largest absolute Gasteiger partial charge is 0.460 e. The van der Waals surface area contributed by atoms with Crippen LogP contribution < -0.4 is 5.32 Å². The van der Waals surface area contributed by atoms with Crippen molar-refractivity contribution >= 4 is 29.7 Å². The Labute approximate surface area is 208 Å². The first kappa shape index (κ1) is 28.6. The maximum atomic E-state index is 12.7. The predicted octanol–water partition coefficient (Wildman–Crippen LogP) is 4.26. The van der Waals surface area contributed by atoms with E-state index >= 15 is 0 Å². The summed E-state index contributed by atoms with van der Waals surface area (Å²) in [5.41, 5.74) is 1.30. The molecule has 4 unspecified atom stereocenters. The molecule has 0 aliphatic carbocycles. The minimum absolute atomic E-state index is 0.0808. The fourth-order valence-corrected chi connectivity index (χ4v) is 5.29. The van der Waals surface area contributed by atoms with Gasteiger partial charge in [-0.15, -0.1) is 11.3 Å². The number of ketones is 1. The van der Waals surface area contributed by atoms with Crippen LogP contribution in [0, 0.1) is 11.3 Å². The van der Waals surface area contributed by atoms with Gasteiger partial charge in [-0.25, -0.2) is 4.98 Å². The number of thiazole rings is 1. The fourth-order valence-electron chi connectivity index (χ4n) is 4.68. The number of carbonyl (C=O) groups excluding carboxylic acids is 2. The lowest BCUT2D eigenvalue weighted by Crippen LogP contribution is -2.35. The van der Waals surface area contributed by atoms with Gasteiger partial charge in [0.25, 0.3) is 6.47 Å². The smallest absolute Gasteiger partial charge is 0.293 e. The van der Waals surface area contributed by atoms with Gasteiger partial charge in [-0.2, -0.15) is 0 Å². The van der Waals surface area contributed by atoms with Gasteiger partial charge in [0.2, 0.25) is 0 Å². The summed E-state index contributed by atoms with van der Waals surface area (Å²) in [4.78, 5) is 28.0. The average Bonchev–Trinajstić information content (AvgIpc) is 3.38. The zero-order chi connectivity index (χ0) is 25.3. The molecular formula is C26H42N2O5S. The topological polar surface area (TPSA) is 119 Å².